The molecule has 7 heteroatoms. The van der Waals surface area contributed by atoms with Gasteiger partial charge in [-0.15, -0.1) is 0 Å². The lowest BCUT2D eigenvalue weighted by molar-refractivity contribution is -0.120. The molecule has 3 rings (SSSR count). The summed E-state index contributed by atoms with van der Waals surface area (Å²) in [5, 5.41) is 3.47. The Hall–Kier alpha value is -2.77. The number of amides is 1. The van der Waals surface area contributed by atoms with E-state index >= 15 is 0 Å². The van der Waals surface area contributed by atoms with Crippen molar-refractivity contribution in [1.82, 2.24) is 14.9 Å². The van der Waals surface area contributed by atoms with Crippen LogP contribution in [0.1, 0.15) is 25.8 Å². The maximum atomic E-state index is 12.8. The van der Waals surface area contributed by atoms with E-state index < -0.39 is 0 Å². The van der Waals surface area contributed by atoms with Crippen molar-refractivity contribution >= 4 is 29.0 Å². The van der Waals surface area contributed by atoms with Crippen LogP contribution in [0.3, 0.4) is 0 Å². The molecule has 6 nitrogen and oxygen atoms in total. The van der Waals surface area contributed by atoms with Crippen LogP contribution in [0.25, 0.3) is 16.6 Å². The molecule has 3 aromatic rings. The summed E-state index contributed by atoms with van der Waals surface area (Å²) < 4.78 is 7.26. The first-order chi connectivity index (χ1) is 14.0. The van der Waals surface area contributed by atoms with Gasteiger partial charge in [0.05, 0.1) is 29.1 Å². The molecule has 0 bridgehead atoms. The molecule has 1 amide bonds. The van der Waals surface area contributed by atoms with E-state index in [2.05, 4.69) is 10.3 Å². The number of nitrogens with one attached hydrogen (secondary N) is 2. The first-order valence-corrected chi connectivity index (χ1v) is 10.1. The van der Waals surface area contributed by atoms with Crippen molar-refractivity contribution in [2.45, 2.75) is 32.8 Å². The molecule has 0 unspecified atom stereocenters. The van der Waals surface area contributed by atoms with E-state index in [1.807, 2.05) is 44.2 Å². The molecule has 0 saturated carbocycles. The van der Waals surface area contributed by atoms with Crippen LogP contribution in [-0.2, 0) is 16.0 Å². The van der Waals surface area contributed by atoms with Crippen LogP contribution in [0, 0.1) is 4.77 Å². The Labute approximate surface area is 174 Å². The average Bonchev–Trinajstić information content (AvgIpc) is 2.69. The molecule has 0 aliphatic carbocycles. The summed E-state index contributed by atoms with van der Waals surface area (Å²) in [6.07, 6.45) is 1.27. The Morgan fingerprint density at radius 1 is 1.17 bits per heavy atom. The van der Waals surface area contributed by atoms with E-state index in [1.54, 1.807) is 18.2 Å². The SMILES string of the molecule is CC(C)OCCCNC(=O)Cc1ccc(-n2c(=S)[nH]c3ccccc3c2=O)cc1. The first-order valence-electron chi connectivity index (χ1n) is 9.67. The number of aromatic nitrogens is 2. The van der Waals surface area contributed by atoms with E-state index in [4.69, 9.17) is 17.0 Å². The number of nitrogens with zero attached hydrogens (tertiary/aromatic N) is 1. The fraction of sp³-hybridized carbons (Fsp3) is 0.318. The van der Waals surface area contributed by atoms with Gasteiger partial charge in [-0.05, 0) is 62.3 Å². The monoisotopic (exact) mass is 411 g/mol. The lowest BCUT2D eigenvalue weighted by Gasteiger charge is -2.10. The van der Waals surface area contributed by atoms with Crippen LogP contribution < -0.4 is 10.9 Å². The highest BCUT2D eigenvalue weighted by molar-refractivity contribution is 7.71. The van der Waals surface area contributed by atoms with E-state index in [0.717, 1.165) is 12.0 Å². The number of aromatic amines is 1. The Balaban J connectivity index is 1.67. The van der Waals surface area contributed by atoms with Gasteiger partial charge < -0.3 is 15.0 Å². The number of hydrogen-bond acceptors (Lipinski definition) is 4. The highest BCUT2D eigenvalue weighted by Crippen LogP contribution is 2.12. The third-order valence-corrected chi connectivity index (χ3v) is 4.74. The van der Waals surface area contributed by atoms with E-state index in [-0.39, 0.29) is 24.0 Å². The Bertz CT molecular complexity index is 1100. The lowest BCUT2D eigenvalue weighted by atomic mass is 10.1. The highest BCUT2D eigenvalue weighted by atomic mass is 32.1. The standard InChI is InChI=1S/C22H25N3O3S/c1-15(2)28-13-5-12-23-20(26)14-16-8-10-17(11-9-16)25-21(27)18-6-3-4-7-19(18)24-22(25)29/h3-4,6-11,15H,5,12-14H2,1-2H3,(H,23,26)(H,24,29). The summed E-state index contributed by atoms with van der Waals surface area (Å²) in [4.78, 5) is 28.0. The van der Waals surface area contributed by atoms with Gasteiger partial charge in [0, 0.05) is 13.2 Å². The maximum absolute atomic E-state index is 12.8. The second kappa shape index (κ2) is 9.62. The van der Waals surface area contributed by atoms with Crippen LogP contribution in [-0.4, -0.2) is 34.7 Å². The molecule has 1 heterocycles. The number of benzene rings is 2. The molecule has 0 saturated heterocycles. The molecule has 2 aromatic carbocycles. The van der Waals surface area contributed by atoms with Gasteiger partial charge >= 0.3 is 0 Å². The molecule has 2 N–H and O–H groups in total. The van der Waals surface area contributed by atoms with Gasteiger partial charge in [-0.1, -0.05) is 24.3 Å². The predicted octanol–water partition coefficient (Wildman–Crippen LogP) is 3.52. The first kappa shape index (κ1) is 21.0. The van der Waals surface area contributed by atoms with Gasteiger partial charge in [0.25, 0.3) is 5.56 Å². The van der Waals surface area contributed by atoms with E-state index in [0.29, 0.717) is 34.5 Å². The van der Waals surface area contributed by atoms with Crippen molar-refractivity contribution in [1.29, 1.82) is 0 Å². The van der Waals surface area contributed by atoms with Crippen LogP contribution in [0.15, 0.2) is 53.3 Å². The van der Waals surface area contributed by atoms with Crippen molar-refractivity contribution < 1.29 is 9.53 Å². The number of H-pyrrole nitrogens is 1. The quantitative estimate of drug-likeness (QED) is 0.439. The number of carbonyl (C=O) groups is 1. The second-order valence-corrected chi connectivity index (χ2v) is 7.47. The van der Waals surface area contributed by atoms with Gasteiger partial charge in [0.1, 0.15) is 0 Å². The summed E-state index contributed by atoms with van der Waals surface area (Å²) in [6.45, 7) is 5.20. The Morgan fingerprint density at radius 3 is 2.62 bits per heavy atom. The fourth-order valence-corrected chi connectivity index (χ4v) is 3.32. The number of fused-ring (bicyclic) bond motifs is 1. The molecule has 0 aliphatic rings. The fourth-order valence-electron chi connectivity index (χ4n) is 3.03. The maximum Gasteiger partial charge on any atom is 0.266 e. The minimum absolute atomic E-state index is 0.0394. The molecular weight excluding hydrogens is 386 g/mol. The molecule has 0 spiro atoms. The molecule has 29 heavy (non-hydrogen) atoms. The molecular formula is C22H25N3O3S. The summed E-state index contributed by atoms with van der Waals surface area (Å²) in [5.74, 6) is -0.0394. The zero-order chi connectivity index (χ0) is 20.8. The molecule has 0 atom stereocenters. The Morgan fingerprint density at radius 2 is 1.90 bits per heavy atom. The van der Waals surface area contributed by atoms with E-state index in [9.17, 15) is 9.59 Å². The second-order valence-electron chi connectivity index (χ2n) is 7.08. The molecule has 0 radical (unpaired) electrons. The number of para-hydroxylation sites is 1. The third kappa shape index (κ3) is 5.40. The third-order valence-electron chi connectivity index (χ3n) is 4.46. The molecule has 0 fully saturated rings. The number of rotatable bonds is 8. The zero-order valence-corrected chi connectivity index (χ0v) is 17.4. The van der Waals surface area contributed by atoms with Crippen molar-refractivity contribution in [3.05, 3.63) is 69.2 Å². The zero-order valence-electron chi connectivity index (χ0n) is 16.6. The minimum atomic E-state index is -0.168. The molecule has 152 valence electrons. The minimum Gasteiger partial charge on any atom is -0.379 e. The number of ether oxygens (including phenoxy) is 1. The summed E-state index contributed by atoms with van der Waals surface area (Å²) in [6, 6.07) is 14.6. The molecule has 1 aromatic heterocycles. The Kier molecular flexibility index (Phi) is 6.95. The van der Waals surface area contributed by atoms with Gasteiger partial charge in [-0.25, -0.2) is 0 Å². The normalized spacial score (nSPS) is 11.1. The van der Waals surface area contributed by atoms with Gasteiger partial charge in [-0.2, -0.15) is 0 Å². The predicted molar refractivity (Wildman–Crippen MR) is 117 cm³/mol. The van der Waals surface area contributed by atoms with Crippen molar-refractivity contribution in [2.75, 3.05) is 13.2 Å². The van der Waals surface area contributed by atoms with Crippen LogP contribution in [0.4, 0.5) is 0 Å². The van der Waals surface area contributed by atoms with Crippen LogP contribution >= 0.6 is 12.2 Å². The van der Waals surface area contributed by atoms with Gasteiger partial charge in [0.15, 0.2) is 4.77 Å². The van der Waals surface area contributed by atoms with Crippen LogP contribution in [0.2, 0.25) is 0 Å². The summed E-state index contributed by atoms with van der Waals surface area (Å²) in [5.41, 5.74) is 2.08. The van der Waals surface area contributed by atoms with Crippen molar-refractivity contribution in [3.63, 3.8) is 0 Å². The summed E-state index contributed by atoms with van der Waals surface area (Å²) >= 11 is 5.37. The van der Waals surface area contributed by atoms with Crippen LogP contribution in [0.5, 0.6) is 0 Å². The van der Waals surface area contributed by atoms with E-state index in [1.165, 1.54) is 4.57 Å². The van der Waals surface area contributed by atoms with Crippen molar-refractivity contribution in [3.8, 4) is 5.69 Å². The van der Waals surface area contributed by atoms with Gasteiger partial charge in [0.2, 0.25) is 5.91 Å². The highest BCUT2D eigenvalue weighted by Gasteiger charge is 2.08. The molecule has 0 aliphatic heterocycles. The number of hydrogen-bond donors (Lipinski definition) is 2. The largest absolute Gasteiger partial charge is 0.379 e. The summed E-state index contributed by atoms with van der Waals surface area (Å²) in [7, 11) is 0. The topological polar surface area (TPSA) is 76.1 Å². The average molecular weight is 412 g/mol. The smallest absolute Gasteiger partial charge is 0.266 e. The van der Waals surface area contributed by atoms with Gasteiger partial charge in [-0.3, -0.25) is 14.2 Å². The number of carbonyl (C=O) groups excluding carboxylic acids is 1. The van der Waals surface area contributed by atoms with Crippen molar-refractivity contribution in [2.24, 2.45) is 0 Å². The lowest BCUT2D eigenvalue weighted by Crippen LogP contribution is -2.27.